The lowest BCUT2D eigenvalue weighted by atomic mass is 9.89. The van der Waals surface area contributed by atoms with E-state index in [2.05, 4.69) is 4.43 Å². The van der Waals surface area contributed by atoms with Gasteiger partial charge in [-0.05, 0) is 6.08 Å². The highest BCUT2D eigenvalue weighted by atomic mass is 28.4. The standard InChI is InChI=1S/C13H11F17O3Si/c1-33-34(4-31,5-32)3-2-6(14,15)7(16,17)8(18,19)9(20,21)10(22,23)11(24,25)12(26,27)13(28,29)30/h2-3,31-32H,4-5H2,1H3/b3-2+. The number of rotatable bonds is 11. The molecule has 0 bridgehead atoms. The van der Waals surface area contributed by atoms with E-state index in [0.29, 0.717) is 7.11 Å². The normalized spacial score (nSPS) is 16.5. The molecule has 0 saturated heterocycles. The highest BCUT2D eigenvalue weighted by molar-refractivity contribution is 6.78. The van der Waals surface area contributed by atoms with Gasteiger partial charge in [-0.2, -0.15) is 74.6 Å². The van der Waals surface area contributed by atoms with E-state index >= 15 is 0 Å². The molecule has 2 N–H and O–H groups in total. The molecular formula is C13H11F17O3Si. The van der Waals surface area contributed by atoms with Crippen LogP contribution in [0.2, 0.25) is 0 Å². The molecule has 0 aliphatic rings. The zero-order valence-electron chi connectivity index (χ0n) is 15.8. The Morgan fingerprint density at radius 3 is 1.12 bits per heavy atom. The van der Waals surface area contributed by atoms with Gasteiger partial charge in [0.25, 0.3) is 8.32 Å². The summed E-state index contributed by atoms with van der Waals surface area (Å²) in [6.07, 6.45) is -12.2. The Labute approximate surface area is 177 Å². The Kier molecular flexibility index (Phi) is 8.59. The number of hydrogen-bond donors (Lipinski definition) is 2. The Morgan fingerprint density at radius 1 is 0.559 bits per heavy atom. The van der Waals surface area contributed by atoms with E-state index in [1.54, 1.807) is 0 Å². The lowest BCUT2D eigenvalue weighted by molar-refractivity contribution is -0.459. The molecule has 0 radical (unpaired) electrons. The molecule has 34 heavy (non-hydrogen) atoms. The van der Waals surface area contributed by atoms with Gasteiger partial charge in [0.1, 0.15) is 0 Å². The highest BCUT2D eigenvalue weighted by Crippen LogP contribution is 2.64. The third kappa shape index (κ3) is 4.47. The monoisotopic (exact) mass is 566 g/mol. The van der Waals surface area contributed by atoms with Crippen LogP contribution in [0.4, 0.5) is 74.6 Å². The van der Waals surface area contributed by atoms with Crippen molar-refractivity contribution in [2.24, 2.45) is 0 Å². The molecular weight excluding hydrogens is 555 g/mol. The number of halogens is 17. The molecule has 0 spiro atoms. The number of alkyl halides is 17. The van der Waals surface area contributed by atoms with E-state index in [4.69, 9.17) is 10.2 Å². The average molecular weight is 566 g/mol. The Hall–Kier alpha value is -1.35. The fourth-order valence-electron chi connectivity index (χ4n) is 1.89. The minimum atomic E-state index is -8.70. The molecule has 204 valence electrons. The maximum Gasteiger partial charge on any atom is 0.460 e. The van der Waals surface area contributed by atoms with Crippen LogP contribution in [0, 0.1) is 0 Å². The van der Waals surface area contributed by atoms with Gasteiger partial charge in [0, 0.05) is 7.11 Å². The topological polar surface area (TPSA) is 49.7 Å². The summed E-state index contributed by atoms with van der Waals surface area (Å²) in [7, 11) is -3.88. The van der Waals surface area contributed by atoms with Crippen LogP contribution in [0.5, 0.6) is 0 Å². The Bertz CT molecular complexity index is 733. The van der Waals surface area contributed by atoms with Crippen LogP contribution >= 0.6 is 0 Å². The molecule has 0 heterocycles. The van der Waals surface area contributed by atoms with Gasteiger partial charge in [0.15, 0.2) is 0 Å². The van der Waals surface area contributed by atoms with E-state index < -0.39 is 80.2 Å². The van der Waals surface area contributed by atoms with Gasteiger partial charge in [-0.15, -0.1) is 0 Å². The van der Waals surface area contributed by atoms with Crippen LogP contribution in [0.15, 0.2) is 11.8 Å². The molecule has 0 aliphatic carbocycles. The fraction of sp³-hybridized carbons (Fsp3) is 0.846. The number of aliphatic hydroxyl groups is 2. The molecule has 0 unspecified atom stereocenters. The Morgan fingerprint density at radius 2 is 0.853 bits per heavy atom. The number of hydrogen-bond acceptors (Lipinski definition) is 3. The first kappa shape index (κ1) is 32.6. The van der Waals surface area contributed by atoms with Crippen LogP contribution in [0.25, 0.3) is 0 Å². The van der Waals surface area contributed by atoms with Gasteiger partial charge in [-0.1, -0.05) is 5.70 Å². The maximum absolute atomic E-state index is 13.7. The van der Waals surface area contributed by atoms with Gasteiger partial charge in [0.05, 0.1) is 12.5 Å². The fourth-order valence-corrected chi connectivity index (χ4v) is 3.11. The van der Waals surface area contributed by atoms with Crippen molar-refractivity contribution in [3.63, 3.8) is 0 Å². The van der Waals surface area contributed by atoms with Gasteiger partial charge in [-0.3, -0.25) is 0 Å². The van der Waals surface area contributed by atoms with Crippen LogP contribution in [-0.2, 0) is 4.43 Å². The van der Waals surface area contributed by atoms with Crippen molar-refractivity contribution in [1.82, 2.24) is 0 Å². The van der Waals surface area contributed by atoms with Crippen molar-refractivity contribution in [2.75, 3.05) is 19.6 Å². The first-order chi connectivity index (χ1) is 14.6. The minimum Gasteiger partial charge on any atom is -0.412 e. The van der Waals surface area contributed by atoms with E-state index in [1.807, 2.05) is 0 Å². The van der Waals surface area contributed by atoms with E-state index in [0.717, 1.165) is 0 Å². The summed E-state index contributed by atoms with van der Waals surface area (Å²) in [6.45, 7) is 0. The molecule has 0 aliphatic heterocycles. The van der Waals surface area contributed by atoms with Crippen molar-refractivity contribution in [3.8, 4) is 0 Å². The molecule has 21 heteroatoms. The van der Waals surface area contributed by atoms with E-state index in [-0.39, 0.29) is 0 Å². The first-order valence-corrected chi connectivity index (χ1v) is 10.2. The summed E-state index contributed by atoms with van der Waals surface area (Å²) in [5.41, 5.74) is -0.417. The number of allylic oxidation sites excluding steroid dienone is 1. The van der Waals surface area contributed by atoms with Crippen molar-refractivity contribution < 1.29 is 89.3 Å². The second kappa shape index (κ2) is 8.94. The zero-order chi connectivity index (χ0) is 28.0. The predicted molar refractivity (Wildman–Crippen MR) is 76.8 cm³/mol. The maximum atomic E-state index is 13.7. The summed E-state index contributed by atoms with van der Waals surface area (Å²) < 4.78 is 227. The molecule has 0 aromatic heterocycles. The molecule has 0 atom stereocenters. The molecule has 0 aromatic rings. The molecule has 0 aromatic carbocycles. The second-order valence-electron chi connectivity index (χ2n) is 6.49. The number of aliphatic hydroxyl groups excluding tert-OH is 2. The first-order valence-electron chi connectivity index (χ1n) is 7.83. The van der Waals surface area contributed by atoms with Gasteiger partial charge in [-0.25, -0.2) is 0 Å². The molecule has 0 amide bonds. The smallest absolute Gasteiger partial charge is 0.412 e. The molecule has 0 rings (SSSR count). The van der Waals surface area contributed by atoms with Crippen LogP contribution in [0.3, 0.4) is 0 Å². The van der Waals surface area contributed by atoms with Crippen molar-refractivity contribution in [1.29, 1.82) is 0 Å². The summed E-state index contributed by atoms with van der Waals surface area (Å²) in [5, 5.41) is 17.8. The molecule has 0 saturated carbocycles. The third-order valence-electron chi connectivity index (χ3n) is 4.28. The minimum absolute atomic E-state index is 0.417. The Balaban J connectivity index is 6.77. The van der Waals surface area contributed by atoms with Gasteiger partial charge in [0.2, 0.25) is 0 Å². The third-order valence-corrected chi connectivity index (χ3v) is 6.94. The van der Waals surface area contributed by atoms with E-state index in [9.17, 15) is 74.6 Å². The lowest BCUT2D eigenvalue weighted by Gasteiger charge is -2.42. The summed E-state index contributed by atoms with van der Waals surface area (Å²) >= 11 is 0. The van der Waals surface area contributed by atoms with Gasteiger partial charge >= 0.3 is 47.6 Å². The summed E-state index contributed by atoms with van der Waals surface area (Å²) in [6, 6.07) is 0. The summed E-state index contributed by atoms with van der Waals surface area (Å²) in [4.78, 5) is 0. The predicted octanol–water partition coefficient (Wildman–Crippen LogP) is 4.75. The van der Waals surface area contributed by atoms with Gasteiger partial charge < -0.3 is 14.6 Å². The van der Waals surface area contributed by atoms with Crippen molar-refractivity contribution in [3.05, 3.63) is 11.8 Å². The largest absolute Gasteiger partial charge is 0.460 e. The molecule has 0 fully saturated rings. The lowest BCUT2D eigenvalue weighted by Crippen LogP contribution is -2.74. The quantitative estimate of drug-likeness (QED) is 0.281. The zero-order valence-corrected chi connectivity index (χ0v) is 16.8. The van der Waals surface area contributed by atoms with Crippen LogP contribution in [-0.4, -0.2) is 85.7 Å². The van der Waals surface area contributed by atoms with Crippen LogP contribution in [0.1, 0.15) is 0 Å². The van der Waals surface area contributed by atoms with Crippen molar-refractivity contribution in [2.45, 2.75) is 47.6 Å². The SMILES string of the molecule is CO[Si](/C=C/C(F)(F)C(F)(F)C(F)(F)C(F)(F)C(F)(F)C(F)(F)C(F)(F)C(F)(F)F)(CO)CO. The van der Waals surface area contributed by atoms with E-state index in [1.165, 1.54) is 0 Å². The van der Waals surface area contributed by atoms with Crippen LogP contribution < -0.4 is 0 Å². The second-order valence-corrected chi connectivity index (χ2v) is 9.99. The van der Waals surface area contributed by atoms with Crippen molar-refractivity contribution >= 4 is 8.32 Å². The highest BCUT2D eigenvalue weighted by Gasteiger charge is 2.95. The molecule has 3 nitrogen and oxygen atoms in total. The summed E-state index contributed by atoms with van der Waals surface area (Å²) in [5.74, 6) is -57.2. The average Bonchev–Trinajstić information content (AvgIpc) is 2.67.